The number of pyridine rings is 3. The molecule has 2 aliphatic rings. The molecule has 1 saturated carbocycles. The summed E-state index contributed by atoms with van der Waals surface area (Å²) in [6.07, 6.45) is 13.8. The summed E-state index contributed by atoms with van der Waals surface area (Å²) in [5.74, 6) is 0. The Balaban J connectivity index is 1.28. The normalized spacial score (nSPS) is 14.9. The van der Waals surface area contributed by atoms with Crippen molar-refractivity contribution in [2.75, 3.05) is 0 Å². The third kappa shape index (κ3) is 4.08. The van der Waals surface area contributed by atoms with Gasteiger partial charge in [-0.2, -0.15) is 0 Å². The number of benzene rings is 3. The summed E-state index contributed by atoms with van der Waals surface area (Å²) >= 11 is 0. The molecule has 0 atom stereocenters. The van der Waals surface area contributed by atoms with E-state index in [9.17, 15) is 0 Å². The van der Waals surface area contributed by atoms with Crippen LogP contribution in [0.4, 0.5) is 0 Å². The molecule has 0 bridgehead atoms. The van der Waals surface area contributed by atoms with Crippen LogP contribution in [0.1, 0.15) is 43.2 Å². The summed E-state index contributed by atoms with van der Waals surface area (Å²) in [7, 11) is 0. The summed E-state index contributed by atoms with van der Waals surface area (Å²) in [4.78, 5) is 13.7. The standard InChI is InChI=1S/C39H31N3/c1-4-19-39(20-5-1)35-10-3-2-9-32(35)33-24-29(14-16-36(33)39)28-13-15-31(30-8-7-21-41-26-30)34(25-28)38-12-6-11-37(42-38)27-17-22-40-23-18-27/h2-3,6-18,21-26H,1,4-5,19-20H2. The molecule has 0 aliphatic heterocycles. The molecule has 0 saturated heterocycles. The van der Waals surface area contributed by atoms with Crippen LogP contribution in [0.25, 0.3) is 55.9 Å². The number of rotatable bonds is 4. The molecule has 3 heterocycles. The second-order valence-corrected chi connectivity index (χ2v) is 11.6. The smallest absolute Gasteiger partial charge is 0.0715 e. The van der Waals surface area contributed by atoms with Gasteiger partial charge >= 0.3 is 0 Å². The van der Waals surface area contributed by atoms with Crippen molar-refractivity contribution < 1.29 is 0 Å². The van der Waals surface area contributed by atoms with Crippen molar-refractivity contribution in [3.05, 3.63) is 139 Å². The Hall–Kier alpha value is -4.89. The molecule has 1 fully saturated rings. The molecule has 3 nitrogen and oxygen atoms in total. The van der Waals surface area contributed by atoms with E-state index in [2.05, 4.69) is 94.9 Å². The van der Waals surface area contributed by atoms with Crippen LogP contribution in [0.2, 0.25) is 0 Å². The second-order valence-electron chi connectivity index (χ2n) is 11.6. The second kappa shape index (κ2) is 10.2. The molecule has 0 radical (unpaired) electrons. The zero-order valence-corrected chi connectivity index (χ0v) is 23.5. The van der Waals surface area contributed by atoms with Gasteiger partial charge in [0.25, 0.3) is 0 Å². The van der Waals surface area contributed by atoms with Gasteiger partial charge in [0, 0.05) is 46.9 Å². The van der Waals surface area contributed by atoms with Gasteiger partial charge in [0.1, 0.15) is 0 Å². The molecule has 6 aromatic rings. The molecule has 3 heteroatoms. The summed E-state index contributed by atoms with van der Waals surface area (Å²) in [5, 5.41) is 0. The molecule has 8 rings (SSSR count). The quantitative estimate of drug-likeness (QED) is 0.223. The van der Waals surface area contributed by atoms with E-state index in [0.29, 0.717) is 0 Å². The summed E-state index contributed by atoms with van der Waals surface area (Å²) in [5.41, 5.74) is 14.7. The number of hydrogen-bond donors (Lipinski definition) is 0. The van der Waals surface area contributed by atoms with Crippen molar-refractivity contribution in [2.24, 2.45) is 0 Å². The Morgan fingerprint density at radius 3 is 2.05 bits per heavy atom. The van der Waals surface area contributed by atoms with Crippen molar-refractivity contribution in [1.82, 2.24) is 15.0 Å². The Bertz CT molecular complexity index is 1900. The highest BCUT2D eigenvalue weighted by atomic mass is 14.7. The van der Waals surface area contributed by atoms with Gasteiger partial charge in [0.05, 0.1) is 11.4 Å². The van der Waals surface area contributed by atoms with E-state index in [4.69, 9.17) is 4.98 Å². The Kier molecular flexibility index (Phi) is 6.03. The van der Waals surface area contributed by atoms with Crippen LogP contribution in [0.5, 0.6) is 0 Å². The number of nitrogens with zero attached hydrogens (tertiary/aromatic N) is 3. The molecular weight excluding hydrogens is 510 g/mol. The van der Waals surface area contributed by atoms with Gasteiger partial charge in [-0.15, -0.1) is 0 Å². The maximum atomic E-state index is 5.13. The molecular formula is C39H31N3. The van der Waals surface area contributed by atoms with Gasteiger partial charge in [-0.25, -0.2) is 4.98 Å². The molecule has 202 valence electrons. The van der Waals surface area contributed by atoms with Crippen molar-refractivity contribution in [3.63, 3.8) is 0 Å². The first-order valence-corrected chi connectivity index (χ1v) is 15.0. The zero-order chi connectivity index (χ0) is 27.9. The topological polar surface area (TPSA) is 38.7 Å². The zero-order valence-electron chi connectivity index (χ0n) is 23.5. The number of fused-ring (bicyclic) bond motifs is 5. The SMILES string of the molecule is c1cncc(-c2ccc(-c3ccc4c(c3)-c3ccccc3C43CCCCC3)cc2-c2cccc(-c3ccncc3)n2)c1. The highest BCUT2D eigenvalue weighted by Gasteiger charge is 2.43. The van der Waals surface area contributed by atoms with Gasteiger partial charge in [-0.3, -0.25) is 9.97 Å². The van der Waals surface area contributed by atoms with E-state index in [-0.39, 0.29) is 5.41 Å². The van der Waals surface area contributed by atoms with Crippen LogP contribution >= 0.6 is 0 Å². The van der Waals surface area contributed by atoms with E-state index in [0.717, 1.165) is 33.6 Å². The first-order chi connectivity index (χ1) is 20.8. The molecule has 3 aromatic heterocycles. The highest BCUT2D eigenvalue weighted by Crippen LogP contribution is 2.56. The maximum absolute atomic E-state index is 5.13. The first kappa shape index (κ1) is 24.9. The minimum atomic E-state index is 0.176. The molecule has 1 spiro atoms. The fraction of sp³-hybridized carbons (Fsp3) is 0.154. The lowest BCUT2D eigenvalue weighted by molar-refractivity contribution is 0.353. The van der Waals surface area contributed by atoms with E-state index >= 15 is 0 Å². The predicted octanol–water partition coefficient (Wildman–Crippen LogP) is 9.77. The van der Waals surface area contributed by atoms with Gasteiger partial charge in [-0.1, -0.05) is 79.9 Å². The molecule has 42 heavy (non-hydrogen) atoms. The van der Waals surface area contributed by atoms with Crippen molar-refractivity contribution in [3.8, 4) is 55.9 Å². The number of aromatic nitrogens is 3. The van der Waals surface area contributed by atoms with Crippen molar-refractivity contribution in [2.45, 2.75) is 37.5 Å². The van der Waals surface area contributed by atoms with Gasteiger partial charge in [0.2, 0.25) is 0 Å². The van der Waals surface area contributed by atoms with Crippen LogP contribution in [-0.4, -0.2) is 15.0 Å². The van der Waals surface area contributed by atoms with Crippen LogP contribution < -0.4 is 0 Å². The highest BCUT2D eigenvalue weighted by molar-refractivity contribution is 5.89. The molecule has 0 unspecified atom stereocenters. The molecule has 2 aliphatic carbocycles. The van der Waals surface area contributed by atoms with Gasteiger partial charge in [-0.05, 0) is 94.3 Å². The van der Waals surface area contributed by atoms with Crippen molar-refractivity contribution >= 4 is 0 Å². The van der Waals surface area contributed by atoms with Crippen LogP contribution in [0, 0.1) is 0 Å². The van der Waals surface area contributed by atoms with E-state index in [1.807, 2.05) is 43.0 Å². The largest absolute Gasteiger partial charge is 0.265 e. The lowest BCUT2D eigenvalue weighted by Gasteiger charge is -2.36. The maximum Gasteiger partial charge on any atom is 0.0715 e. The third-order valence-corrected chi connectivity index (χ3v) is 9.30. The summed E-state index contributed by atoms with van der Waals surface area (Å²) in [6, 6.07) is 37.5. The fourth-order valence-corrected chi connectivity index (χ4v) is 7.32. The molecule has 0 amide bonds. The van der Waals surface area contributed by atoms with E-state index in [1.54, 1.807) is 0 Å². The molecule has 0 N–H and O–H groups in total. The Morgan fingerprint density at radius 2 is 1.21 bits per heavy atom. The van der Waals surface area contributed by atoms with Crippen LogP contribution in [0.3, 0.4) is 0 Å². The number of hydrogen-bond acceptors (Lipinski definition) is 3. The predicted molar refractivity (Wildman–Crippen MR) is 171 cm³/mol. The van der Waals surface area contributed by atoms with E-state index < -0.39 is 0 Å². The Labute approximate surface area is 247 Å². The van der Waals surface area contributed by atoms with Crippen LogP contribution in [0.15, 0.2) is 128 Å². The minimum Gasteiger partial charge on any atom is -0.265 e. The van der Waals surface area contributed by atoms with E-state index in [1.165, 1.54) is 65.5 Å². The Morgan fingerprint density at radius 1 is 0.452 bits per heavy atom. The minimum absolute atomic E-state index is 0.176. The summed E-state index contributed by atoms with van der Waals surface area (Å²) in [6.45, 7) is 0. The summed E-state index contributed by atoms with van der Waals surface area (Å²) < 4.78 is 0. The third-order valence-electron chi connectivity index (χ3n) is 9.30. The molecule has 3 aromatic carbocycles. The lowest BCUT2D eigenvalue weighted by Crippen LogP contribution is -2.27. The van der Waals surface area contributed by atoms with Gasteiger partial charge < -0.3 is 0 Å². The average Bonchev–Trinajstić information content (AvgIpc) is 3.34. The average molecular weight is 542 g/mol. The fourth-order valence-electron chi connectivity index (χ4n) is 7.32. The lowest BCUT2D eigenvalue weighted by atomic mass is 9.68. The van der Waals surface area contributed by atoms with Crippen molar-refractivity contribution in [1.29, 1.82) is 0 Å². The monoisotopic (exact) mass is 541 g/mol. The van der Waals surface area contributed by atoms with Gasteiger partial charge in [0.15, 0.2) is 0 Å². The van der Waals surface area contributed by atoms with Crippen LogP contribution in [-0.2, 0) is 5.41 Å². The first-order valence-electron chi connectivity index (χ1n) is 15.0.